The molecule has 0 atom stereocenters. The molecule has 0 fully saturated rings. The van der Waals surface area contributed by atoms with Crippen LogP contribution >= 0.6 is 11.3 Å². The summed E-state index contributed by atoms with van der Waals surface area (Å²) in [5.41, 5.74) is 0. The summed E-state index contributed by atoms with van der Waals surface area (Å²) in [6.45, 7) is 3.84. The number of rotatable bonds is 3. The van der Waals surface area contributed by atoms with Crippen molar-refractivity contribution in [3.05, 3.63) is 16.1 Å². The first kappa shape index (κ1) is 9.85. The molecule has 1 rings (SSSR count). The first-order valence-corrected chi connectivity index (χ1v) is 4.55. The molecule has 0 saturated carbocycles. The molecule has 13 heavy (non-hydrogen) atoms. The van der Waals surface area contributed by atoms with Gasteiger partial charge in [-0.1, -0.05) is 0 Å². The number of thiazole rings is 1. The average molecular weight is 197 g/mol. The van der Waals surface area contributed by atoms with Crippen molar-refractivity contribution < 1.29 is 4.79 Å². The van der Waals surface area contributed by atoms with Crippen molar-refractivity contribution in [3.63, 3.8) is 0 Å². The van der Waals surface area contributed by atoms with Crippen LogP contribution < -0.4 is 0 Å². The predicted octanol–water partition coefficient (Wildman–Crippen LogP) is 1.05. The molecule has 1 heterocycles. The molecule has 4 nitrogen and oxygen atoms in total. The highest BCUT2D eigenvalue weighted by Gasteiger charge is 2.11. The highest BCUT2D eigenvalue weighted by molar-refractivity contribution is 7.13. The zero-order valence-corrected chi connectivity index (χ0v) is 8.47. The predicted molar refractivity (Wildman–Crippen MR) is 53.4 cm³/mol. The fourth-order valence-corrected chi connectivity index (χ4v) is 1.69. The third-order valence-corrected chi connectivity index (χ3v) is 2.39. The van der Waals surface area contributed by atoms with E-state index in [1.54, 1.807) is 20.3 Å². The smallest absolute Gasteiger partial charge is 0.265 e. The zero-order chi connectivity index (χ0) is 9.84. The number of nitrogens with zero attached hydrogens (tertiary/aromatic N) is 3. The molecule has 0 aliphatic carbocycles. The summed E-state index contributed by atoms with van der Waals surface area (Å²) in [6.07, 6.45) is 1.58. The second-order valence-electron chi connectivity index (χ2n) is 2.70. The molecule has 1 aromatic rings. The Morgan fingerprint density at radius 1 is 1.77 bits per heavy atom. The van der Waals surface area contributed by atoms with Crippen LogP contribution in [0.5, 0.6) is 0 Å². The molecule has 0 N–H and O–H groups in total. The van der Waals surface area contributed by atoms with Gasteiger partial charge in [0.15, 0.2) is 0 Å². The molecule has 0 aromatic carbocycles. The van der Waals surface area contributed by atoms with Crippen LogP contribution in [0.4, 0.5) is 0 Å². The van der Waals surface area contributed by atoms with Crippen LogP contribution in [0.1, 0.15) is 14.7 Å². The molecular formula is C8H11N3OS. The summed E-state index contributed by atoms with van der Waals surface area (Å²) < 4.78 is 0. The monoisotopic (exact) mass is 197 g/mol. The van der Waals surface area contributed by atoms with E-state index in [-0.39, 0.29) is 5.91 Å². The van der Waals surface area contributed by atoms with E-state index in [4.69, 9.17) is 0 Å². The lowest BCUT2D eigenvalue weighted by Crippen LogP contribution is -2.20. The maximum atomic E-state index is 11.4. The minimum atomic E-state index is -0.0205. The fourth-order valence-electron chi connectivity index (χ4n) is 0.798. The SMILES string of the molecule is C=NCc1ncc(C(=O)N(C)C)s1. The van der Waals surface area contributed by atoms with Gasteiger partial charge in [0.2, 0.25) is 0 Å². The summed E-state index contributed by atoms with van der Waals surface area (Å²) in [6, 6.07) is 0. The van der Waals surface area contributed by atoms with E-state index < -0.39 is 0 Å². The quantitative estimate of drug-likeness (QED) is 0.680. The van der Waals surface area contributed by atoms with E-state index in [0.717, 1.165) is 5.01 Å². The molecule has 0 spiro atoms. The van der Waals surface area contributed by atoms with Crippen molar-refractivity contribution >= 4 is 24.0 Å². The second-order valence-corrected chi connectivity index (χ2v) is 3.81. The highest BCUT2D eigenvalue weighted by Crippen LogP contribution is 2.14. The number of aliphatic imine (C=N–C) groups is 1. The van der Waals surface area contributed by atoms with Gasteiger partial charge in [-0.25, -0.2) is 4.98 Å². The normalized spacial score (nSPS) is 9.69. The largest absolute Gasteiger partial charge is 0.344 e. The van der Waals surface area contributed by atoms with Crippen LogP contribution in [0.3, 0.4) is 0 Å². The minimum absolute atomic E-state index is 0.0205. The van der Waals surface area contributed by atoms with Crippen molar-refractivity contribution in [2.24, 2.45) is 4.99 Å². The lowest BCUT2D eigenvalue weighted by atomic mass is 10.5. The van der Waals surface area contributed by atoms with Gasteiger partial charge in [0.25, 0.3) is 5.91 Å². The van der Waals surface area contributed by atoms with Crippen LogP contribution in [-0.4, -0.2) is 36.6 Å². The van der Waals surface area contributed by atoms with Gasteiger partial charge in [0, 0.05) is 14.1 Å². The fraction of sp³-hybridized carbons (Fsp3) is 0.375. The summed E-state index contributed by atoms with van der Waals surface area (Å²) in [5, 5.41) is 0.820. The van der Waals surface area contributed by atoms with Gasteiger partial charge >= 0.3 is 0 Å². The molecule has 0 aliphatic rings. The van der Waals surface area contributed by atoms with E-state index in [2.05, 4.69) is 16.7 Å². The van der Waals surface area contributed by atoms with E-state index in [1.807, 2.05) is 0 Å². The van der Waals surface area contributed by atoms with Crippen LogP contribution in [0.25, 0.3) is 0 Å². The van der Waals surface area contributed by atoms with Gasteiger partial charge in [-0.2, -0.15) is 0 Å². The standard InChI is InChI=1S/C8H11N3OS/c1-9-5-7-10-4-6(13-7)8(12)11(2)3/h4H,1,5H2,2-3H3. The molecule has 0 bridgehead atoms. The molecule has 0 aliphatic heterocycles. The van der Waals surface area contributed by atoms with Gasteiger partial charge in [0.1, 0.15) is 9.88 Å². The lowest BCUT2D eigenvalue weighted by molar-refractivity contribution is 0.0832. The number of aromatic nitrogens is 1. The Balaban J connectivity index is 2.79. The Bertz CT molecular complexity index is 319. The summed E-state index contributed by atoms with van der Waals surface area (Å²) >= 11 is 1.36. The van der Waals surface area contributed by atoms with Crippen LogP contribution in [0.15, 0.2) is 11.2 Å². The van der Waals surface area contributed by atoms with Gasteiger partial charge in [-0.3, -0.25) is 9.79 Å². The Morgan fingerprint density at radius 2 is 2.46 bits per heavy atom. The Hall–Kier alpha value is -1.23. The van der Waals surface area contributed by atoms with Crippen molar-refractivity contribution in [1.82, 2.24) is 9.88 Å². The van der Waals surface area contributed by atoms with E-state index in [9.17, 15) is 4.79 Å². The van der Waals surface area contributed by atoms with Crippen LogP contribution in [0, 0.1) is 0 Å². The van der Waals surface area contributed by atoms with E-state index in [0.29, 0.717) is 11.4 Å². The van der Waals surface area contributed by atoms with Gasteiger partial charge < -0.3 is 4.90 Å². The van der Waals surface area contributed by atoms with Gasteiger partial charge in [-0.15, -0.1) is 11.3 Å². The third kappa shape index (κ3) is 2.35. The maximum Gasteiger partial charge on any atom is 0.265 e. The first-order chi connectivity index (χ1) is 6.15. The third-order valence-electron chi connectivity index (χ3n) is 1.42. The molecule has 0 saturated heterocycles. The average Bonchev–Trinajstić information content (AvgIpc) is 2.52. The van der Waals surface area contributed by atoms with Crippen molar-refractivity contribution in [3.8, 4) is 0 Å². The van der Waals surface area contributed by atoms with E-state index in [1.165, 1.54) is 16.2 Å². The van der Waals surface area contributed by atoms with Crippen molar-refractivity contribution in [2.75, 3.05) is 14.1 Å². The number of carbonyl (C=O) groups excluding carboxylic acids is 1. The topological polar surface area (TPSA) is 45.6 Å². The van der Waals surface area contributed by atoms with Crippen molar-refractivity contribution in [2.45, 2.75) is 6.54 Å². The number of hydrogen-bond acceptors (Lipinski definition) is 4. The summed E-state index contributed by atoms with van der Waals surface area (Å²) in [4.78, 5) is 21.3. The van der Waals surface area contributed by atoms with Crippen molar-refractivity contribution in [1.29, 1.82) is 0 Å². The number of carbonyl (C=O) groups is 1. The summed E-state index contributed by atoms with van der Waals surface area (Å²) in [7, 11) is 3.43. The molecule has 5 heteroatoms. The Kier molecular flexibility index (Phi) is 3.13. The number of hydrogen-bond donors (Lipinski definition) is 0. The molecule has 0 radical (unpaired) electrons. The molecule has 1 aromatic heterocycles. The van der Waals surface area contributed by atoms with Crippen LogP contribution in [-0.2, 0) is 6.54 Å². The first-order valence-electron chi connectivity index (χ1n) is 3.74. The molecular weight excluding hydrogens is 186 g/mol. The number of amides is 1. The highest BCUT2D eigenvalue weighted by atomic mass is 32.1. The molecule has 0 unspecified atom stereocenters. The van der Waals surface area contributed by atoms with Gasteiger partial charge in [0.05, 0.1) is 12.7 Å². The zero-order valence-electron chi connectivity index (χ0n) is 7.65. The Labute approximate surface area is 80.9 Å². The van der Waals surface area contributed by atoms with Crippen LogP contribution in [0.2, 0.25) is 0 Å². The second kappa shape index (κ2) is 4.13. The molecule has 70 valence electrons. The Morgan fingerprint density at radius 3 is 3.00 bits per heavy atom. The lowest BCUT2D eigenvalue weighted by Gasteiger charge is -2.06. The van der Waals surface area contributed by atoms with Gasteiger partial charge in [-0.05, 0) is 6.72 Å². The minimum Gasteiger partial charge on any atom is -0.344 e. The molecule has 1 amide bonds. The summed E-state index contributed by atoms with van der Waals surface area (Å²) in [5.74, 6) is -0.0205. The maximum absolute atomic E-state index is 11.4. The van der Waals surface area contributed by atoms with E-state index >= 15 is 0 Å².